The van der Waals surface area contributed by atoms with E-state index in [2.05, 4.69) is 30.9 Å². The number of terminal acetylenes is 1. The van der Waals surface area contributed by atoms with Gasteiger partial charge in [0.2, 0.25) is 10.0 Å². The van der Waals surface area contributed by atoms with Gasteiger partial charge in [-0.25, -0.2) is 18.1 Å². The largest absolute Gasteiger partial charge is 0.361 e. The van der Waals surface area contributed by atoms with Crippen LogP contribution in [0.5, 0.6) is 0 Å². The molecule has 156 valence electrons. The van der Waals surface area contributed by atoms with Crippen molar-refractivity contribution < 1.29 is 22.7 Å². The maximum absolute atomic E-state index is 12.8. The van der Waals surface area contributed by atoms with E-state index in [9.17, 15) is 18.0 Å². The Morgan fingerprint density at radius 2 is 2.04 bits per heavy atom. The number of carbonyl (C=O) groups is 2. The van der Waals surface area contributed by atoms with Gasteiger partial charge in [0.15, 0.2) is 0 Å². The molecule has 1 saturated heterocycles. The number of carbonyl (C=O) groups excluding carboxylic acids is 2. The number of hydrogen-bond acceptors (Lipinski definition) is 5. The molecule has 0 aromatic rings. The highest BCUT2D eigenvalue weighted by Gasteiger charge is 2.51. The van der Waals surface area contributed by atoms with Crippen molar-refractivity contribution in [1.82, 2.24) is 14.5 Å². The van der Waals surface area contributed by atoms with Crippen LogP contribution in [0.2, 0.25) is 25.7 Å². The molecule has 2 heterocycles. The van der Waals surface area contributed by atoms with Crippen LogP contribution in [0.4, 0.5) is 4.79 Å². The van der Waals surface area contributed by atoms with E-state index in [1.807, 2.05) is 0 Å². The third kappa shape index (κ3) is 5.44. The Bertz CT molecular complexity index is 812. The van der Waals surface area contributed by atoms with Crippen molar-refractivity contribution in [3.63, 3.8) is 0 Å². The summed E-state index contributed by atoms with van der Waals surface area (Å²) in [5.41, 5.74) is -0.752. The van der Waals surface area contributed by atoms with Crippen molar-refractivity contribution in [3.05, 3.63) is 11.6 Å². The molecule has 2 rings (SSSR count). The van der Waals surface area contributed by atoms with Gasteiger partial charge in [-0.15, -0.1) is 6.42 Å². The van der Waals surface area contributed by atoms with E-state index in [0.29, 0.717) is 13.0 Å². The van der Waals surface area contributed by atoms with Gasteiger partial charge in [-0.2, -0.15) is 4.31 Å². The van der Waals surface area contributed by atoms with Crippen LogP contribution in [0.25, 0.3) is 0 Å². The highest BCUT2D eigenvalue weighted by molar-refractivity contribution is 7.89. The van der Waals surface area contributed by atoms with Crippen LogP contribution in [0.3, 0.4) is 0 Å². The van der Waals surface area contributed by atoms with Crippen LogP contribution in [0.1, 0.15) is 13.3 Å². The van der Waals surface area contributed by atoms with Crippen molar-refractivity contribution in [2.45, 2.75) is 44.6 Å². The second-order valence-corrected chi connectivity index (χ2v) is 16.2. The number of hydrogen-bond donors (Lipinski definition) is 1. The summed E-state index contributed by atoms with van der Waals surface area (Å²) in [4.78, 5) is 25.9. The van der Waals surface area contributed by atoms with Gasteiger partial charge in [-0.05, 0) is 19.4 Å². The molecule has 28 heavy (non-hydrogen) atoms. The Balaban J connectivity index is 2.00. The van der Waals surface area contributed by atoms with Crippen LogP contribution in [0, 0.1) is 12.3 Å². The molecule has 0 aromatic carbocycles. The lowest BCUT2D eigenvalue weighted by molar-refractivity contribution is -0.133. The number of nitrogens with zero attached hydrogens (tertiary/aromatic N) is 2. The van der Waals surface area contributed by atoms with Crippen molar-refractivity contribution in [1.29, 1.82) is 0 Å². The number of amides is 3. The predicted molar refractivity (Wildman–Crippen MR) is 110 cm³/mol. The van der Waals surface area contributed by atoms with Gasteiger partial charge in [0.05, 0.1) is 5.75 Å². The molecule has 2 aliphatic rings. The minimum Gasteiger partial charge on any atom is -0.361 e. The quantitative estimate of drug-likeness (QED) is 0.272. The summed E-state index contributed by atoms with van der Waals surface area (Å²) in [5, 5.41) is 2.51. The molecule has 3 amide bonds. The van der Waals surface area contributed by atoms with E-state index in [1.54, 1.807) is 6.08 Å². The van der Waals surface area contributed by atoms with Gasteiger partial charge in [0.1, 0.15) is 12.3 Å². The zero-order chi connectivity index (χ0) is 21.2. The molecule has 10 heteroatoms. The van der Waals surface area contributed by atoms with Gasteiger partial charge in [0.25, 0.3) is 5.91 Å². The Morgan fingerprint density at radius 1 is 1.36 bits per heavy atom. The molecule has 1 N–H and O–H groups in total. The highest BCUT2D eigenvalue weighted by Crippen LogP contribution is 2.23. The van der Waals surface area contributed by atoms with E-state index in [4.69, 9.17) is 11.2 Å². The molecular formula is C18H29N3O5SSi. The fourth-order valence-corrected chi connectivity index (χ4v) is 5.52. The molecule has 0 aromatic heterocycles. The van der Waals surface area contributed by atoms with Gasteiger partial charge >= 0.3 is 6.03 Å². The zero-order valence-corrected chi connectivity index (χ0v) is 18.8. The monoisotopic (exact) mass is 427 g/mol. The smallest absolute Gasteiger partial charge is 0.326 e. The van der Waals surface area contributed by atoms with E-state index in [1.165, 1.54) is 11.2 Å². The standard InChI is InChI=1S/C18H29N3O5SSi/c1-6-15-7-9-20(10-8-15)27(24,25)13-18(2)16(22)21(17(23)19-18)14-26-11-12-28(3,4)5/h1,7H,8-14H2,2-5H3,(H,19,23)/t18-/m1/s1. The van der Waals surface area contributed by atoms with Crippen molar-refractivity contribution in [2.24, 2.45) is 0 Å². The molecule has 0 unspecified atom stereocenters. The summed E-state index contributed by atoms with van der Waals surface area (Å²) in [6.07, 6.45) is 7.49. The van der Waals surface area contributed by atoms with Gasteiger partial charge in [-0.3, -0.25) is 4.79 Å². The number of nitrogens with one attached hydrogen (secondary N) is 1. The van der Waals surface area contributed by atoms with E-state index in [-0.39, 0.29) is 19.8 Å². The summed E-state index contributed by atoms with van der Waals surface area (Å²) in [7, 11) is -5.04. The summed E-state index contributed by atoms with van der Waals surface area (Å²) < 4.78 is 32.3. The number of imide groups is 1. The fraction of sp³-hybridized carbons (Fsp3) is 0.667. The molecule has 0 spiro atoms. The molecule has 8 nitrogen and oxygen atoms in total. The van der Waals surface area contributed by atoms with E-state index < -0.39 is 41.3 Å². The second-order valence-electron chi connectivity index (χ2n) is 8.58. The van der Waals surface area contributed by atoms with Crippen LogP contribution in [-0.4, -0.2) is 75.4 Å². The van der Waals surface area contributed by atoms with Crippen molar-refractivity contribution >= 4 is 30.0 Å². The first-order valence-corrected chi connectivity index (χ1v) is 14.5. The number of rotatable bonds is 8. The van der Waals surface area contributed by atoms with Crippen LogP contribution in [-0.2, 0) is 19.6 Å². The molecule has 0 aliphatic carbocycles. The number of urea groups is 1. The average Bonchev–Trinajstić information content (AvgIpc) is 2.79. The molecule has 2 aliphatic heterocycles. The first kappa shape index (κ1) is 22.6. The summed E-state index contributed by atoms with van der Waals surface area (Å²) in [5.74, 6) is 1.42. The SMILES string of the molecule is C#CC1=CCN(S(=O)(=O)C[C@@]2(C)NC(=O)N(COCC[Si](C)(C)C)C2=O)CC1. The maximum atomic E-state index is 12.8. The van der Waals surface area contributed by atoms with Crippen LogP contribution >= 0.6 is 0 Å². The second kappa shape index (κ2) is 8.37. The highest BCUT2D eigenvalue weighted by atomic mass is 32.2. The van der Waals surface area contributed by atoms with Crippen molar-refractivity contribution in [3.8, 4) is 12.3 Å². The maximum Gasteiger partial charge on any atom is 0.326 e. The average molecular weight is 428 g/mol. The van der Waals surface area contributed by atoms with Gasteiger partial charge in [-0.1, -0.05) is 31.6 Å². The molecule has 0 saturated carbocycles. The third-order valence-corrected chi connectivity index (χ3v) is 8.55. The molecule has 0 bridgehead atoms. The van der Waals surface area contributed by atoms with Gasteiger partial charge < -0.3 is 10.1 Å². The molecule has 0 radical (unpaired) electrons. The van der Waals surface area contributed by atoms with E-state index in [0.717, 1.165) is 16.5 Å². The summed E-state index contributed by atoms with van der Waals surface area (Å²) in [6.45, 7) is 8.75. The van der Waals surface area contributed by atoms with Gasteiger partial charge in [0, 0.05) is 33.3 Å². The lowest BCUT2D eigenvalue weighted by Gasteiger charge is -2.28. The topological polar surface area (TPSA) is 96.0 Å². The Labute approximate surface area is 168 Å². The lowest BCUT2D eigenvalue weighted by Crippen LogP contribution is -2.53. The Morgan fingerprint density at radius 3 is 2.57 bits per heavy atom. The van der Waals surface area contributed by atoms with Crippen LogP contribution < -0.4 is 5.32 Å². The van der Waals surface area contributed by atoms with Crippen LogP contribution in [0.15, 0.2) is 11.6 Å². The summed E-state index contributed by atoms with van der Waals surface area (Å²) in [6, 6.07) is 0.272. The number of ether oxygens (including phenoxy) is 1. The first-order valence-electron chi connectivity index (χ1n) is 9.23. The molecule has 1 atom stereocenters. The Kier molecular flexibility index (Phi) is 6.76. The molecule has 1 fully saturated rings. The van der Waals surface area contributed by atoms with Crippen molar-refractivity contribution in [2.75, 3.05) is 32.2 Å². The fourth-order valence-electron chi connectivity index (χ4n) is 2.99. The summed E-state index contributed by atoms with van der Waals surface area (Å²) >= 11 is 0. The normalized spacial score (nSPS) is 24.1. The minimum absolute atomic E-state index is 0.170. The number of sulfonamides is 1. The third-order valence-electron chi connectivity index (χ3n) is 4.78. The molecular weight excluding hydrogens is 398 g/mol. The predicted octanol–water partition coefficient (Wildman–Crippen LogP) is 1.20. The lowest BCUT2D eigenvalue weighted by atomic mass is 10.1. The van der Waals surface area contributed by atoms with E-state index >= 15 is 0 Å². The zero-order valence-electron chi connectivity index (χ0n) is 16.9. The minimum atomic E-state index is -3.76. The first-order chi connectivity index (χ1) is 12.9. The Hall–Kier alpha value is -1.67.